The van der Waals surface area contributed by atoms with Gasteiger partial charge in [0.05, 0.1) is 8.81 Å². The van der Waals surface area contributed by atoms with E-state index in [2.05, 4.69) is 41.2 Å². The van der Waals surface area contributed by atoms with Crippen molar-refractivity contribution >= 4 is 38.9 Å². The molecule has 1 fully saturated rings. The number of halogens is 2. The second-order valence-electron chi connectivity index (χ2n) is 4.90. The van der Waals surface area contributed by atoms with Crippen molar-refractivity contribution in [3.8, 4) is 0 Å². The van der Waals surface area contributed by atoms with Gasteiger partial charge in [-0.3, -0.25) is 0 Å². The van der Waals surface area contributed by atoms with E-state index in [1.807, 2.05) is 0 Å². The van der Waals surface area contributed by atoms with Crippen molar-refractivity contribution in [2.75, 3.05) is 6.54 Å². The zero-order chi connectivity index (χ0) is 12.4. The predicted octanol–water partition coefficient (Wildman–Crippen LogP) is 5.25. The number of nitrogens with one attached hydrogen (secondary N) is 1. The Kier molecular flexibility index (Phi) is 4.93. The zero-order valence-corrected chi connectivity index (χ0v) is 13.5. The summed E-state index contributed by atoms with van der Waals surface area (Å²) in [4.78, 5) is 1.37. The van der Waals surface area contributed by atoms with Crippen LogP contribution in [-0.2, 0) is 0 Å². The Morgan fingerprint density at radius 2 is 2.29 bits per heavy atom. The lowest BCUT2D eigenvalue weighted by atomic mass is 9.95. The summed E-state index contributed by atoms with van der Waals surface area (Å²) in [7, 11) is 0. The first-order chi connectivity index (χ1) is 8.13. The van der Waals surface area contributed by atoms with Gasteiger partial charge in [0.2, 0.25) is 0 Å². The molecule has 2 rings (SSSR count). The van der Waals surface area contributed by atoms with E-state index in [9.17, 15) is 0 Å². The van der Waals surface area contributed by atoms with Crippen molar-refractivity contribution in [1.29, 1.82) is 0 Å². The van der Waals surface area contributed by atoms with Crippen molar-refractivity contribution in [3.05, 3.63) is 19.8 Å². The summed E-state index contributed by atoms with van der Waals surface area (Å²) in [5, 5.41) is 4.52. The smallest absolute Gasteiger partial charge is 0.0887 e. The SMILES string of the molecule is CCCNC(c1cc(Cl)c(Br)s1)C(C)C1CC1. The molecule has 1 saturated carbocycles. The van der Waals surface area contributed by atoms with Gasteiger partial charge in [-0.25, -0.2) is 0 Å². The maximum absolute atomic E-state index is 6.14. The van der Waals surface area contributed by atoms with Gasteiger partial charge in [-0.2, -0.15) is 0 Å². The summed E-state index contributed by atoms with van der Waals surface area (Å²) < 4.78 is 1.06. The third-order valence-electron chi connectivity index (χ3n) is 3.48. The van der Waals surface area contributed by atoms with Gasteiger partial charge < -0.3 is 5.32 Å². The third-order valence-corrected chi connectivity index (χ3v) is 6.03. The van der Waals surface area contributed by atoms with Gasteiger partial charge in [-0.1, -0.05) is 25.4 Å². The summed E-state index contributed by atoms with van der Waals surface area (Å²) in [6.07, 6.45) is 3.96. The van der Waals surface area contributed by atoms with Crippen LogP contribution >= 0.6 is 38.9 Å². The van der Waals surface area contributed by atoms with Crippen LogP contribution in [0.4, 0.5) is 0 Å². The molecule has 1 heterocycles. The van der Waals surface area contributed by atoms with Gasteiger partial charge in [-0.05, 0) is 59.6 Å². The van der Waals surface area contributed by atoms with E-state index >= 15 is 0 Å². The van der Waals surface area contributed by atoms with Gasteiger partial charge in [-0.15, -0.1) is 11.3 Å². The lowest BCUT2D eigenvalue weighted by Gasteiger charge is -2.24. The molecule has 1 nitrogen and oxygen atoms in total. The minimum absolute atomic E-state index is 0.469. The Bertz CT molecular complexity index is 356. The zero-order valence-electron chi connectivity index (χ0n) is 10.3. The van der Waals surface area contributed by atoms with Gasteiger partial charge in [0.1, 0.15) is 0 Å². The fourth-order valence-electron chi connectivity index (χ4n) is 2.26. The van der Waals surface area contributed by atoms with E-state index < -0.39 is 0 Å². The molecule has 17 heavy (non-hydrogen) atoms. The van der Waals surface area contributed by atoms with E-state index in [4.69, 9.17) is 11.6 Å². The van der Waals surface area contributed by atoms with Crippen LogP contribution in [-0.4, -0.2) is 6.54 Å². The Morgan fingerprint density at radius 1 is 1.59 bits per heavy atom. The van der Waals surface area contributed by atoms with E-state index in [1.165, 1.54) is 24.1 Å². The average Bonchev–Trinajstić information content (AvgIpc) is 3.08. The lowest BCUT2D eigenvalue weighted by molar-refractivity contribution is 0.354. The first-order valence-corrected chi connectivity index (χ1v) is 8.30. The van der Waals surface area contributed by atoms with Crippen LogP contribution < -0.4 is 5.32 Å². The molecule has 1 aromatic heterocycles. The highest BCUT2D eigenvalue weighted by Gasteiger charge is 2.34. The van der Waals surface area contributed by atoms with Crippen molar-refractivity contribution in [2.24, 2.45) is 11.8 Å². The van der Waals surface area contributed by atoms with Crippen molar-refractivity contribution in [3.63, 3.8) is 0 Å². The normalized spacial score (nSPS) is 19.3. The molecule has 1 aliphatic rings. The van der Waals surface area contributed by atoms with Crippen molar-refractivity contribution in [2.45, 2.75) is 39.2 Å². The Morgan fingerprint density at radius 3 is 2.76 bits per heavy atom. The van der Waals surface area contributed by atoms with Crippen LogP contribution in [0.1, 0.15) is 44.0 Å². The minimum Gasteiger partial charge on any atom is -0.309 e. The van der Waals surface area contributed by atoms with Crippen LogP contribution in [0, 0.1) is 11.8 Å². The maximum Gasteiger partial charge on any atom is 0.0887 e. The molecule has 1 aliphatic carbocycles. The summed E-state index contributed by atoms with van der Waals surface area (Å²) in [5.74, 6) is 1.62. The molecule has 0 bridgehead atoms. The first kappa shape index (κ1) is 13.9. The van der Waals surface area contributed by atoms with Crippen LogP contribution in [0.5, 0.6) is 0 Å². The monoisotopic (exact) mass is 335 g/mol. The highest BCUT2D eigenvalue weighted by molar-refractivity contribution is 9.11. The second-order valence-corrected chi connectivity index (χ2v) is 7.71. The molecule has 0 aliphatic heterocycles. The van der Waals surface area contributed by atoms with E-state index in [-0.39, 0.29) is 0 Å². The maximum atomic E-state index is 6.14. The highest BCUT2D eigenvalue weighted by Crippen LogP contribution is 2.45. The standard InChI is InChI=1S/C13H19BrClNS/c1-3-6-16-12(8(2)9-4-5-9)11-7-10(15)13(14)17-11/h7-9,12,16H,3-6H2,1-2H3. The molecule has 96 valence electrons. The van der Waals surface area contributed by atoms with Crippen LogP contribution in [0.15, 0.2) is 9.85 Å². The largest absolute Gasteiger partial charge is 0.309 e. The Balaban J connectivity index is 2.13. The summed E-state index contributed by atoms with van der Waals surface area (Å²) in [5.41, 5.74) is 0. The van der Waals surface area contributed by atoms with Gasteiger partial charge in [0, 0.05) is 10.9 Å². The van der Waals surface area contributed by atoms with Gasteiger partial charge >= 0.3 is 0 Å². The fourth-order valence-corrected chi connectivity index (χ4v) is 4.19. The molecule has 1 N–H and O–H groups in total. The second kappa shape index (κ2) is 6.05. The molecule has 0 aromatic carbocycles. The number of rotatable bonds is 6. The first-order valence-electron chi connectivity index (χ1n) is 6.31. The Labute approximate surface area is 121 Å². The third kappa shape index (κ3) is 3.46. The molecule has 0 amide bonds. The molecular weight excluding hydrogens is 318 g/mol. The topological polar surface area (TPSA) is 12.0 Å². The number of hydrogen-bond donors (Lipinski definition) is 1. The lowest BCUT2D eigenvalue weighted by Crippen LogP contribution is -2.28. The molecule has 0 spiro atoms. The summed E-state index contributed by atoms with van der Waals surface area (Å²) >= 11 is 11.4. The van der Waals surface area contributed by atoms with Gasteiger partial charge in [0.25, 0.3) is 0 Å². The van der Waals surface area contributed by atoms with Crippen molar-refractivity contribution < 1.29 is 0 Å². The minimum atomic E-state index is 0.469. The quantitative estimate of drug-likeness (QED) is 0.748. The Hall–Kier alpha value is 0.430. The molecular formula is C13H19BrClNS. The van der Waals surface area contributed by atoms with Crippen LogP contribution in [0.25, 0.3) is 0 Å². The van der Waals surface area contributed by atoms with Gasteiger partial charge in [0.15, 0.2) is 0 Å². The van der Waals surface area contributed by atoms with E-state index in [1.54, 1.807) is 11.3 Å². The molecule has 2 unspecified atom stereocenters. The van der Waals surface area contributed by atoms with E-state index in [0.29, 0.717) is 12.0 Å². The predicted molar refractivity (Wildman–Crippen MR) is 80.0 cm³/mol. The van der Waals surface area contributed by atoms with E-state index in [0.717, 1.165) is 21.3 Å². The highest BCUT2D eigenvalue weighted by atomic mass is 79.9. The summed E-state index contributed by atoms with van der Waals surface area (Å²) in [6, 6.07) is 2.58. The molecule has 0 radical (unpaired) electrons. The fraction of sp³-hybridized carbons (Fsp3) is 0.692. The number of hydrogen-bond acceptors (Lipinski definition) is 2. The number of thiophene rings is 1. The van der Waals surface area contributed by atoms with Crippen molar-refractivity contribution in [1.82, 2.24) is 5.32 Å². The molecule has 4 heteroatoms. The molecule has 1 aromatic rings. The van der Waals surface area contributed by atoms with Crippen LogP contribution in [0.2, 0.25) is 5.02 Å². The molecule has 0 saturated heterocycles. The summed E-state index contributed by atoms with van der Waals surface area (Å²) in [6.45, 7) is 5.66. The molecule has 2 atom stereocenters. The average molecular weight is 337 g/mol. The van der Waals surface area contributed by atoms with Crippen LogP contribution in [0.3, 0.4) is 0 Å².